The van der Waals surface area contributed by atoms with E-state index in [2.05, 4.69) is 5.32 Å². The van der Waals surface area contributed by atoms with Gasteiger partial charge in [-0.1, -0.05) is 37.3 Å². The number of amides is 1. The minimum Gasteiger partial charge on any atom is -0.491 e. The average molecular weight is 388 g/mol. The third-order valence-electron chi connectivity index (χ3n) is 3.94. The van der Waals surface area contributed by atoms with Gasteiger partial charge in [0.05, 0.1) is 7.11 Å². The van der Waals surface area contributed by atoms with Gasteiger partial charge in [0.1, 0.15) is 18.5 Å². The van der Waals surface area contributed by atoms with Crippen molar-refractivity contribution >= 4 is 5.91 Å². The Morgan fingerprint density at radius 2 is 1.82 bits per heavy atom. The van der Waals surface area contributed by atoms with Gasteiger partial charge in [0.25, 0.3) is 5.91 Å². The molecule has 0 radical (unpaired) electrons. The molecule has 0 fully saturated rings. The first-order valence-corrected chi connectivity index (χ1v) is 9.33. The van der Waals surface area contributed by atoms with E-state index in [1.54, 1.807) is 19.1 Å². The first-order valence-electron chi connectivity index (χ1n) is 9.33. The fourth-order valence-electron chi connectivity index (χ4n) is 2.40. The van der Waals surface area contributed by atoms with Crippen LogP contribution in [0.4, 0.5) is 0 Å². The molecule has 7 nitrogen and oxygen atoms in total. The lowest BCUT2D eigenvalue weighted by Gasteiger charge is -2.18. The molecular formula is C21H28N2O5. The number of ether oxygens (including phenoxy) is 1. The molecule has 0 bridgehead atoms. The second-order valence-electron chi connectivity index (χ2n) is 6.15. The highest BCUT2D eigenvalue weighted by Gasteiger charge is 2.13. The van der Waals surface area contributed by atoms with E-state index in [1.165, 1.54) is 7.11 Å². The van der Waals surface area contributed by atoms with Crippen LogP contribution in [0.15, 0.2) is 54.6 Å². The van der Waals surface area contributed by atoms with Crippen LogP contribution < -0.4 is 14.9 Å². The van der Waals surface area contributed by atoms with Crippen molar-refractivity contribution in [3.05, 3.63) is 60.2 Å². The standard InChI is InChI=1S/C21H28N2O5/c1-3-21(25)23(26-2)28-20-11-9-17(10-12-20)13-14-22-15-18(24)16-27-19-7-5-4-6-8-19/h4-12,18,22,24H,3,13-16H2,1-2H3. The second-order valence-corrected chi connectivity index (χ2v) is 6.15. The molecule has 152 valence electrons. The van der Waals surface area contributed by atoms with E-state index >= 15 is 0 Å². The van der Waals surface area contributed by atoms with Gasteiger partial charge >= 0.3 is 0 Å². The van der Waals surface area contributed by atoms with Gasteiger partial charge in [-0.2, -0.15) is 0 Å². The van der Waals surface area contributed by atoms with Crippen LogP contribution in [-0.2, 0) is 16.1 Å². The third-order valence-corrected chi connectivity index (χ3v) is 3.94. The number of para-hydroxylation sites is 1. The molecule has 0 saturated carbocycles. The summed E-state index contributed by atoms with van der Waals surface area (Å²) in [5, 5.41) is 14.1. The quantitative estimate of drug-likeness (QED) is 0.429. The van der Waals surface area contributed by atoms with Gasteiger partial charge < -0.3 is 20.0 Å². The van der Waals surface area contributed by atoms with Gasteiger partial charge in [-0.05, 0) is 48.0 Å². The molecule has 2 N–H and O–H groups in total. The maximum atomic E-state index is 11.6. The van der Waals surface area contributed by atoms with Crippen molar-refractivity contribution in [3.8, 4) is 11.5 Å². The summed E-state index contributed by atoms with van der Waals surface area (Å²) < 4.78 is 5.52. The number of nitrogens with zero attached hydrogens (tertiary/aromatic N) is 1. The maximum absolute atomic E-state index is 11.6. The fraction of sp³-hybridized carbons (Fsp3) is 0.381. The van der Waals surface area contributed by atoms with Gasteiger partial charge in [-0.15, -0.1) is 0 Å². The van der Waals surface area contributed by atoms with Crippen LogP contribution in [0.3, 0.4) is 0 Å². The summed E-state index contributed by atoms with van der Waals surface area (Å²) in [7, 11) is 1.38. The number of rotatable bonds is 12. The highest BCUT2D eigenvalue weighted by Crippen LogP contribution is 2.14. The van der Waals surface area contributed by atoms with Gasteiger partial charge in [-0.3, -0.25) is 4.79 Å². The number of hydrogen-bond donors (Lipinski definition) is 2. The Labute approximate surface area is 165 Å². The topological polar surface area (TPSA) is 80.3 Å². The average Bonchev–Trinajstić information content (AvgIpc) is 2.74. The Hall–Kier alpha value is -2.61. The summed E-state index contributed by atoms with van der Waals surface area (Å²) in [5.74, 6) is 1.01. The number of benzene rings is 2. The van der Waals surface area contributed by atoms with Gasteiger partial charge in [0.15, 0.2) is 5.75 Å². The third kappa shape index (κ3) is 7.56. The molecule has 1 unspecified atom stereocenters. The molecule has 0 saturated heterocycles. The lowest BCUT2D eigenvalue weighted by Crippen LogP contribution is -2.32. The number of aliphatic hydroxyl groups excluding tert-OH is 1. The molecule has 0 spiro atoms. The van der Waals surface area contributed by atoms with E-state index < -0.39 is 6.10 Å². The minimum absolute atomic E-state index is 0.246. The predicted octanol–water partition coefficient (Wildman–Crippen LogP) is 2.35. The molecule has 28 heavy (non-hydrogen) atoms. The molecular weight excluding hydrogens is 360 g/mol. The Morgan fingerprint density at radius 3 is 2.46 bits per heavy atom. The van der Waals surface area contributed by atoms with Crippen LogP contribution in [0.1, 0.15) is 18.9 Å². The van der Waals surface area contributed by atoms with Crippen LogP contribution >= 0.6 is 0 Å². The van der Waals surface area contributed by atoms with Crippen LogP contribution in [0, 0.1) is 0 Å². The molecule has 0 aliphatic rings. The van der Waals surface area contributed by atoms with Crippen LogP contribution in [-0.4, -0.2) is 49.2 Å². The summed E-state index contributed by atoms with van der Waals surface area (Å²) in [4.78, 5) is 21.9. The van der Waals surface area contributed by atoms with Gasteiger partial charge in [0.2, 0.25) is 0 Å². The summed E-state index contributed by atoms with van der Waals surface area (Å²) in [5.41, 5.74) is 1.11. The smallest absolute Gasteiger partial charge is 0.284 e. The Bertz CT molecular complexity index is 694. The number of nitrogens with one attached hydrogen (secondary N) is 1. The SMILES string of the molecule is CCC(=O)N(OC)Oc1ccc(CCNCC(O)COc2ccccc2)cc1. The van der Waals surface area contributed by atoms with E-state index in [-0.39, 0.29) is 12.5 Å². The van der Waals surface area contributed by atoms with Crippen molar-refractivity contribution < 1.29 is 24.3 Å². The van der Waals surface area contributed by atoms with Crippen molar-refractivity contribution in [2.24, 2.45) is 0 Å². The molecule has 0 heterocycles. The lowest BCUT2D eigenvalue weighted by molar-refractivity contribution is -0.281. The number of carbonyl (C=O) groups excluding carboxylic acids is 1. The molecule has 2 aromatic carbocycles. The zero-order valence-electron chi connectivity index (χ0n) is 16.3. The molecule has 0 aliphatic carbocycles. The number of hydroxylamine groups is 2. The Kier molecular flexibility index (Phi) is 9.27. The minimum atomic E-state index is -0.577. The molecule has 7 heteroatoms. The number of carbonyl (C=O) groups is 1. The second kappa shape index (κ2) is 12.0. The van der Waals surface area contributed by atoms with Crippen molar-refractivity contribution in [2.45, 2.75) is 25.9 Å². The zero-order chi connectivity index (χ0) is 20.2. The normalized spacial score (nSPS) is 11.7. The molecule has 0 aromatic heterocycles. The zero-order valence-corrected chi connectivity index (χ0v) is 16.3. The largest absolute Gasteiger partial charge is 0.491 e. The van der Waals surface area contributed by atoms with Crippen molar-refractivity contribution in [1.29, 1.82) is 0 Å². The molecule has 2 rings (SSSR count). The fourth-order valence-corrected chi connectivity index (χ4v) is 2.40. The molecule has 2 aromatic rings. The number of hydrogen-bond acceptors (Lipinski definition) is 6. The summed E-state index contributed by atoms with van der Waals surface area (Å²) >= 11 is 0. The lowest BCUT2D eigenvalue weighted by atomic mass is 10.1. The molecule has 1 amide bonds. The van der Waals surface area contributed by atoms with Crippen molar-refractivity contribution in [3.63, 3.8) is 0 Å². The van der Waals surface area contributed by atoms with Gasteiger partial charge in [-0.25, -0.2) is 4.84 Å². The predicted molar refractivity (Wildman–Crippen MR) is 106 cm³/mol. The van der Waals surface area contributed by atoms with Gasteiger partial charge in [0, 0.05) is 13.0 Å². The van der Waals surface area contributed by atoms with Crippen molar-refractivity contribution in [1.82, 2.24) is 10.5 Å². The number of aliphatic hydroxyl groups is 1. The van der Waals surface area contributed by atoms with E-state index in [1.807, 2.05) is 42.5 Å². The highest BCUT2D eigenvalue weighted by atomic mass is 17.0. The molecule has 0 aliphatic heterocycles. The Morgan fingerprint density at radius 1 is 1.11 bits per heavy atom. The first-order chi connectivity index (χ1) is 13.6. The van der Waals surface area contributed by atoms with Crippen LogP contribution in [0.2, 0.25) is 0 Å². The van der Waals surface area contributed by atoms with Crippen molar-refractivity contribution in [2.75, 3.05) is 26.8 Å². The Balaban J connectivity index is 1.65. The maximum Gasteiger partial charge on any atom is 0.284 e. The van der Waals surface area contributed by atoms with Crippen LogP contribution in [0.5, 0.6) is 11.5 Å². The highest BCUT2D eigenvalue weighted by molar-refractivity contribution is 5.73. The first kappa shape index (κ1) is 21.7. The van der Waals surface area contributed by atoms with Crippen LogP contribution in [0.25, 0.3) is 0 Å². The van der Waals surface area contributed by atoms with E-state index in [9.17, 15) is 9.90 Å². The summed E-state index contributed by atoms with van der Waals surface area (Å²) in [6.07, 6.45) is 0.515. The van der Waals surface area contributed by atoms with E-state index in [0.29, 0.717) is 18.7 Å². The monoisotopic (exact) mass is 388 g/mol. The molecule has 1 atom stereocenters. The summed E-state index contributed by atoms with van der Waals surface area (Å²) in [6.45, 7) is 3.16. The summed E-state index contributed by atoms with van der Waals surface area (Å²) in [6, 6.07) is 16.8. The van der Waals surface area contributed by atoms with E-state index in [4.69, 9.17) is 14.4 Å². The van der Waals surface area contributed by atoms with E-state index in [0.717, 1.165) is 29.5 Å².